The molecule has 1 aromatic rings. The van der Waals surface area contributed by atoms with Gasteiger partial charge in [0.25, 0.3) is 0 Å². The molecule has 0 amide bonds. The minimum absolute atomic E-state index is 0.0432. The number of esters is 1. The van der Waals surface area contributed by atoms with Crippen LogP contribution < -0.4 is 14.8 Å². The highest BCUT2D eigenvalue weighted by Crippen LogP contribution is 2.62. The third-order valence-corrected chi connectivity index (χ3v) is 9.02. The third kappa shape index (κ3) is 4.45. The van der Waals surface area contributed by atoms with Crippen molar-refractivity contribution in [3.63, 3.8) is 0 Å². The zero-order chi connectivity index (χ0) is 25.4. The lowest BCUT2D eigenvalue weighted by molar-refractivity contribution is -0.152. The molecule has 2 saturated carbocycles. The van der Waals surface area contributed by atoms with E-state index in [2.05, 4.69) is 18.8 Å². The largest absolute Gasteiger partial charge is 0.493 e. The third-order valence-electron chi connectivity index (χ3n) is 9.02. The molecule has 3 N–H and O–H groups in total. The van der Waals surface area contributed by atoms with E-state index in [9.17, 15) is 15.0 Å². The number of hydrogen-bond donors (Lipinski definition) is 3. The van der Waals surface area contributed by atoms with Gasteiger partial charge >= 0.3 is 5.97 Å². The number of ether oxygens (including phenoxy) is 3. The van der Waals surface area contributed by atoms with Crippen molar-refractivity contribution in [3.05, 3.63) is 42.0 Å². The van der Waals surface area contributed by atoms with Crippen molar-refractivity contribution in [2.24, 2.45) is 22.7 Å². The van der Waals surface area contributed by atoms with Crippen molar-refractivity contribution in [2.45, 2.75) is 58.1 Å². The van der Waals surface area contributed by atoms with Gasteiger partial charge in [-0.2, -0.15) is 0 Å². The second-order valence-corrected chi connectivity index (χ2v) is 10.8. The predicted molar refractivity (Wildman–Crippen MR) is 135 cm³/mol. The first-order valence-electron chi connectivity index (χ1n) is 12.5. The van der Waals surface area contributed by atoms with Crippen LogP contribution in [0.25, 0.3) is 0 Å². The van der Waals surface area contributed by atoms with Gasteiger partial charge in [-0.1, -0.05) is 26.0 Å². The van der Waals surface area contributed by atoms with E-state index in [0.717, 1.165) is 24.9 Å². The highest BCUT2D eigenvalue weighted by molar-refractivity contribution is 5.92. The molecule has 1 heterocycles. The summed E-state index contributed by atoms with van der Waals surface area (Å²) in [4.78, 5) is 12.6. The maximum absolute atomic E-state index is 12.6. The molecule has 7 nitrogen and oxygen atoms in total. The smallest absolute Gasteiger partial charge is 0.336 e. The number of anilines is 1. The van der Waals surface area contributed by atoms with Crippen LogP contribution >= 0.6 is 0 Å². The number of benzene rings is 1. The van der Waals surface area contributed by atoms with Gasteiger partial charge in [0.1, 0.15) is 6.61 Å². The molecule has 192 valence electrons. The monoisotopic (exact) mass is 485 g/mol. The molecule has 3 unspecified atom stereocenters. The van der Waals surface area contributed by atoms with Gasteiger partial charge in [-0.05, 0) is 67.6 Å². The van der Waals surface area contributed by atoms with Crippen LogP contribution in [0.1, 0.15) is 46.0 Å². The first kappa shape index (κ1) is 25.6. The fraction of sp³-hybridized carbons (Fsp3) is 0.607. The summed E-state index contributed by atoms with van der Waals surface area (Å²) in [7, 11) is 3.19. The Morgan fingerprint density at radius 2 is 1.97 bits per heavy atom. The maximum atomic E-state index is 12.6. The Morgan fingerprint density at radius 1 is 1.23 bits per heavy atom. The zero-order valence-electron chi connectivity index (χ0n) is 21.3. The van der Waals surface area contributed by atoms with Crippen LogP contribution in [0.4, 0.5) is 5.69 Å². The first-order valence-corrected chi connectivity index (χ1v) is 12.5. The van der Waals surface area contributed by atoms with E-state index in [0.29, 0.717) is 29.9 Å². The Kier molecular flexibility index (Phi) is 7.21. The molecule has 6 atom stereocenters. The van der Waals surface area contributed by atoms with Gasteiger partial charge < -0.3 is 29.7 Å². The van der Waals surface area contributed by atoms with E-state index in [-0.39, 0.29) is 42.5 Å². The number of hydrogen-bond acceptors (Lipinski definition) is 7. The Morgan fingerprint density at radius 3 is 2.60 bits per heavy atom. The summed E-state index contributed by atoms with van der Waals surface area (Å²) >= 11 is 0. The van der Waals surface area contributed by atoms with Crippen molar-refractivity contribution in [1.82, 2.24) is 0 Å². The van der Waals surface area contributed by atoms with E-state index >= 15 is 0 Å². The van der Waals surface area contributed by atoms with Crippen LogP contribution in [0.5, 0.6) is 11.5 Å². The van der Waals surface area contributed by atoms with E-state index in [1.807, 2.05) is 31.2 Å². The van der Waals surface area contributed by atoms with Crippen LogP contribution in [-0.2, 0) is 9.53 Å². The second-order valence-electron chi connectivity index (χ2n) is 10.8. The number of fused-ring (bicyclic) bond motifs is 1. The molecule has 4 rings (SSSR count). The average molecular weight is 486 g/mol. The molecule has 7 heteroatoms. The maximum Gasteiger partial charge on any atom is 0.336 e. The van der Waals surface area contributed by atoms with E-state index < -0.39 is 11.5 Å². The SMILES string of the molecule is C=C1CCC2[C@](C)(CO)C(O)CC[C@]2(C)[C@H]1CC(Nc1ccc(OC)c(OC)c1)C1=CCOC1=O. The summed E-state index contributed by atoms with van der Waals surface area (Å²) < 4.78 is 16.1. The molecule has 1 aliphatic heterocycles. The minimum atomic E-state index is -0.552. The minimum Gasteiger partial charge on any atom is -0.493 e. The number of aliphatic hydroxyl groups excluding tert-OH is 2. The predicted octanol–water partition coefficient (Wildman–Crippen LogP) is 4.10. The van der Waals surface area contributed by atoms with E-state index in [4.69, 9.17) is 14.2 Å². The fourth-order valence-corrected chi connectivity index (χ4v) is 6.92. The van der Waals surface area contributed by atoms with Gasteiger partial charge in [-0.3, -0.25) is 0 Å². The van der Waals surface area contributed by atoms with Gasteiger partial charge in [0, 0.05) is 17.2 Å². The molecular weight excluding hydrogens is 446 g/mol. The summed E-state index contributed by atoms with van der Waals surface area (Å²) in [6.45, 7) is 8.98. The number of cyclic esters (lactones) is 1. The van der Waals surface area contributed by atoms with Crippen LogP contribution in [0.15, 0.2) is 42.0 Å². The second kappa shape index (κ2) is 9.86. The molecular formula is C28H39NO6. The van der Waals surface area contributed by atoms with Crippen molar-refractivity contribution in [3.8, 4) is 11.5 Å². The van der Waals surface area contributed by atoms with E-state index in [1.165, 1.54) is 5.57 Å². The number of aliphatic hydroxyl groups is 2. The lowest BCUT2D eigenvalue weighted by Crippen LogP contribution is -2.58. The summed E-state index contributed by atoms with van der Waals surface area (Å²) in [6.07, 6.45) is 5.24. The highest BCUT2D eigenvalue weighted by atomic mass is 16.5. The number of carbonyl (C=O) groups excluding carboxylic acids is 1. The van der Waals surface area contributed by atoms with Crippen LogP contribution in [-0.4, -0.2) is 55.8 Å². The van der Waals surface area contributed by atoms with Gasteiger partial charge in [0.15, 0.2) is 11.5 Å². The Hall–Kier alpha value is -2.51. The number of carbonyl (C=O) groups is 1. The number of rotatable bonds is 8. The number of methoxy groups -OCH3 is 2. The summed E-state index contributed by atoms with van der Waals surface area (Å²) in [5.41, 5.74) is 1.91. The Labute approximate surface area is 208 Å². The summed E-state index contributed by atoms with van der Waals surface area (Å²) in [5, 5.41) is 24.7. The van der Waals surface area contributed by atoms with Crippen LogP contribution in [0.3, 0.4) is 0 Å². The molecule has 2 aliphatic carbocycles. The van der Waals surface area contributed by atoms with Crippen LogP contribution in [0.2, 0.25) is 0 Å². The molecule has 3 aliphatic rings. The standard InChI is InChI=1S/C28H39NO6/c1-17-6-9-24-27(2,12-10-25(31)28(24,3)16-30)20(17)15-21(19-11-13-35-26(19)32)29-18-7-8-22(33-4)23(14-18)34-5/h7-8,11,14,20-21,24-25,29-31H,1,6,9-10,12-13,15-16H2,2-5H3/t20-,21?,24?,25?,27+,28-/m0/s1. The zero-order valence-corrected chi connectivity index (χ0v) is 21.3. The molecule has 0 aromatic heterocycles. The number of nitrogens with one attached hydrogen (secondary N) is 1. The highest BCUT2D eigenvalue weighted by Gasteiger charge is 2.58. The molecule has 35 heavy (non-hydrogen) atoms. The van der Waals surface area contributed by atoms with Crippen LogP contribution in [0, 0.1) is 22.7 Å². The van der Waals surface area contributed by atoms with Crippen molar-refractivity contribution in [1.29, 1.82) is 0 Å². The van der Waals surface area contributed by atoms with E-state index in [1.54, 1.807) is 14.2 Å². The average Bonchev–Trinajstić information content (AvgIpc) is 3.28. The molecule has 0 spiro atoms. The lowest BCUT2D eigenvalue weighted by Gasteiger charge is -2.60. The van der Waals surface area contributed by atoms with Crippen molar-refractivity contribution in [2.75, 3.05) is 32.8 Å². The molecule has 1 aromatic carbocycles. The molecule has 0 saturated heterocycles. The molecule has 0 bridgehead atoms. The Bertz CT molecular complexity index is 1010. The molecule has 2 fully saturated rings. The fourth-order valence-electron chi connectivity index (χ4n) is 6.92. The topological polar surface area (TPSA) is 97.2 Å². The van der Waals surface area contributed by atoms with Gasteiger partial charge in [0.2, 0.25) is 0 Å². The summed E-state index contributed by atoms with van der Waals surface area (Å²) in [5.74, 6) is 1.21. The number of allylic oxidation sites excluding steroid dienone is 1. The lowest BCUT2D eigenvalue weighted by atomic mass is 9.46. The summed E-state index contributed by atoms with van der Waals surface area (Å²) in [6, 6.07) is 5.33. The van der Waals surface area contributed by atoms with Crippen molar-refractivity contribution >= 4 is 11.7 Å². The van der Waals surface area contributed by atoms with Gasteiger partial charge in [-0.25, -0.2) is 4.79 Å². The molecule has 0 radical (unpaired) electrons. The quantitative estimate of drug-likeness (QED) is 0.377. The normalized spacial score (nSPS) is 33.4. The Balaban J connectivity index is 1.67. The van der Waals surface area contributed by atoms with Gasteiger partial charge in [0.05, 0.1) is 38.5 Å². The van der Waals surface area contributed by atoms with Gasteiger partial charge in [-0.15, -0.1) is 0 Å². The first-order chi connectivity index (χ1) is 16.7. The van der Waals surface area contributed by atoms with Crippen molar-refractivity contribution < 1.29 is 29.2 Å².